The van der Waals surface area contributed by atoms with Crippen molar-refractivity contribution in [1.29, 1.82) is 0 Å². The first-order chi connectivity index (χ1) is 11.7. The van der Waals surface area contributed by atoms with E-state index in [0.29, 0.717) is 11.8 Å². The van der Waals surface area contributed by atoms with Crippen LogP contribution in [-0.2, 0) is 9.53 Å². The molecule has 1 aromatic heterocycles. The predicted octanol–water partition coefficient (Wildman–Crippen LogP) is 3.91. The molecule has 2 N–H and O–H groups in total. The lowest BCUT2D eigenvalue weighted by Gasteiger charge is -2.14. The van der Waals surface area contributed by atoms with Gasteiger partial charge >= 0.3 is 5.97 Å². The molecule has 1 atom stereocenters. The lowest BCUT2D eigenvalue weighted by molar-refractivity contribution is -0.144. The number of fused-ring (bicyclic) bond motifs is 1. The average molecular weight is 343 g/mol. The number of hydrogen-bond acceptors (Lipinski definition) is 5. The molecule has 5 nitrogen and oxygen atoms in total. The quantitative estimate of drug-likeness (QED) is 0.826. The number of hydrogen-bond donors (Lipinski definition) is 2. The van der Waals surface area contributed by atoms with E-state index in [9.17, 15) is 4.79 Å². The minimum atomic E-state index is -0.370. The Morgan fingerprint density at radius 3 is 3.00 bits per heavy atom. The van der Waals surface area contributed by atoms with Crippen LogP contribution >= 0.6 is 11.8 Å². The highest BCUT2D eigenvalue weighted by Gasteiger charge is 2.23. The van der Waals surface area contributed by atoms with Crippen LogP contribution < -0.4 is 5.32 Å². The Hall–Kier alpha value is -1.95. The van der Waals surface area contributed by atoms with E-state index in [1.807, 2.05) is 0 Å². The fourth-order valence-corrected chi connectivity index (χ4v) is 4.34. The van der Waals surface area contributed by atoms with Crippen LogP contribution in [-0.4, -0.2) is 34.0 Å². The first kappa shape index (κ1) is 15.6. The number of ether oxygens (including phenoxy) is 1. The Balaban J connectivity index is 1.60. The van der Waals surface area contributed by atoms with Crippen molar-refractivity contribution in [3.8, 4) is 0 Å². The standard InChI is InChI=1S/C18H21N3O2S/c1-11(22)23-16-10-24-18(21-16)15-9-12-5-4-8-14(17(12)20-15)19-13-6-2-3-7-13/h4-5,8-9,13,16,19-20H,2-3,6-7,10H2,1H3. The van der Waals surface area contributed by atoms with E-state index in [1.54, 1.807) is 11.8 Å². The highest BCUT2D eigenvalue weighted by atomic mass is 32.2. The van der Waals surface area contributed by atoms with Crippen LogP contribution in [0.4, 0.5) is 5.69 Å². The van der Waals surface area contributed by atoms with Crippen LogP contribution in [0.25, 0.3) is 10.9 Å². The topological polar surface area (TPSA) is 66.5 Å². The number of aromatic amines is 1. The van der Waals surface area contributed by atoms with Gasteiger partial charge in [0.25, 0.3) is 0 Å². The van der Waals surface area contributed by atoms with Gasteiger partial charge in [-0.05, 0) is 25.0 Å². The highest BCUT2D eigenvalue weighted by molar-refractivity contribution is 8.14. The summed E-state index contributed by atoms with van der Waals surface area (Å²) in [7, 11) is 0. The zero-order valence-corrected chi connectivity index (χ0v) is 14.5. The number of aromatic nitrogens is 1. The van der Waals surface area contributed by atoms with Gasteiger partial charge in [-0.3, -0.25) is 4.79 Å². The van der Waals surface area contributed by atoms with Crippen LogP contribution in [0.1, 0.15) is 38.3 Å². The van der Waals surface area contributed by atoms with Crippen molar-refractivity contribution >= 4 is 39.4 Å². The van der Waals surface area contributed by atoms with Gasteiger partial charge in [-0.25, -0.2) is 4.99 Å². The van der Waals surface area contributed by atoms with E-state index in [-0.39, 0.29) is 12.2 Å². The number of nitrogens with one attached hydrogen (secondary N) is 2. The van der Waals surface area contributed by atoms with Gasteiger partial charge in [0.1, 0.15) is 5.04 Å². The molecule has 0 saturated heterocycles. The molecule has 1 aromatic carbocycles. The number of thioether (sulfide) groups is 1. The molecule has 24 heavy (non-hydrogen) atoms. The average Bonchev–Trinajstić information content (AvgIpc) is 3.25. The predicted molar refractivity (Wildman–Crippen MR) is 98.7 cm³/mol. The Kier molecular flexibility index (Phi) is 4.22. The summed E-state index contributed by atoms with van der Waals surface area (Å²) >= 11 is 1.62. The highest BCUT2D eigenvalue weighted by Crippen LogP contribution is 2.31. The van der Waals surface area contributed by atoms with Crippen molar-refractivity contribution in [2.75, 3.05) is 11.1 Å². The lowest BCUT2D eigenvalue weighted by atomic mass is 10.2. The third-order valence-corrected chi connectivity index (χ3v) is 5.58. The minimum Gasteiger partial charge on any atom is -0.439 e. The Bertz CT molecular complexity index is 793. The summed E-state index contributed by atoms with van der Waals surface area (Å²) < 4.78 is 5.18. The number of anilines is 1. The third kappa shape index (κ3) is 3.15. The maximum atomic E-state index is 11.1. The normalized spacial score (nSPS) is 21.2. The number of para-hydroxylation sites is 1. The molecule has 1 unspecified atom stereocenters. The second-order valence-corrected chi connectivity index (χ2v) is 7.40. The third-order valence-electron chi connectivity index (χ3n) is 4.53. The number of carbonyl (C=O) groups excluding carboxylic acids is 1. The summed E-state index contributed by atoms with van der Waals surface area (Å²) in [4.78, 5) is 19.1. The van der Waals surface area contributed by atoms with Gasteiger partial charge in [-0.2, -0.15) is 0 Å². The molecular formula is C18H21N3O2S. The number of nitrogens with zero attached hydrogens (tertiary/aromatic N) is 1. The van der Waals surface area contributed by atoms with Gasteiger partial charge in [0.05, 0.1) is 22.7 Å². The summed E-state index contributed by atoms with van der Waals surface area (Å²) in [6.07, 6.45) is 4.75. The van der Waals surface area contributed by atoms with Crippen LogP contribution in [0.5, 0.6) is 0 Å². The molecule has 0 radical (unpaired) electrons. The van der Waals surface area contributed by atoms with Crippen LogP contribution in [0.15, 0.2) is 29.3 Å². The van der Waals surface area contributed by atoms with E-state index in [0.717, 1.165) is 21.9 Å². The minimum absolute atomic E-state index is 0.287. The van der Waals surface area contributed by atoms with Crippen molar-refractivity contribution in [2.45, 2.75) is 44.9 Å². The second-order valence-electron chi connectivity index (χ2n) is 6.39. The molecule has 126 valence electrons. The SMILES string of the molecule is CC(=O)OC1CSC(c2cc3cccc(NC4CCCC4)c3[nH]2)=N1. The summed E-state index contributed by atoms with van der Waals surface area (Å²) in [5.41, 5.74) is 3.27. The summed E-state index contributed by atoms with van der Waals surface area (Å²) in [6.45, 7) is 1.42. The van der Waals surface area contributed by atoms with Crippen molar-refractivity contribution < 1.29 is 9.53 Å². The van der Waals surface area contributed by atoms with E-state index < -0.39 is 0 Å². The molecule has 0 bridgehead atoms. The zero-order chi connectivity index (χ0) is 16.5. The fraction of sp³-hybridized carbons (Fsp3) is 0.444. The molecule has 1 saturated carbocycles. The zero-order valence-electron chi connectivity index (χ0n) is 13.7. The molecule has 0 amide bonds. The molecule has 6 heteroatoms. The molecule has 0 spiro atoms. The summed E-state index contributed by atoms with van der Waals surface area (Å²) in [5.74, 6) is 0.391. The summed E-state index contributed by atoms with van der Waals surface area (Å²) in [5, 5.41) is 5.76. The van der Waals surface area contributed by atoms with Crippen molar-refractivity contribution in [1.82, 2.24) is 4.98 Å². The molecule has 1 fully saturated rings. The Morgan fingerprint density at radius 1 is 1.38 bits per heavy atom. The molecular weight excluding hydrogens is 322 g/mol. The number of esters is 1. The van der Waals surface area contributed by atoms with Gasteiger partial charge in [-0.1, -0.05) is 36.7 Å². The Labute approximate surface area is 145 Å². The Morgan fingerprint density at radius 2 is 2.21 bits per heavy atom. The van der Waals surface area contributed by atoms with Gasteiger partial charge in [0.15, 0.2) is 0 Å². The monoisotopic (exact) mass is 343 g/mol. The smallest absolute Gasteiger partial charge is 0.304 e. The van der Waals surface area contributed by atoms with E-state index in [2.05, 4.69) is 39.6 Å². The maximum absolute atomic E-state index is 11.1. The number of H-pyrrole nitrogens is 1. The molecule has 1 aliphatic carbocycles. The van der Waals surface area contributed by atoms with Crippen molar-refractivity contribution in [3.05, 3.63) is 30.0 Å². The van der Waals surface area contributed by atoms with Crippen molar-refractivity contribution in [3.63, 3.8) is 0 Å². The van der Waals surface area contributed by atoms with Crippen molar-refractivity contribution in [2.24, 2.45) is 4.99 Å². The second kappa shape index (κ2) is 6.51. The van der Waals surface area contributed by atoms with E-state index in [1.165, 1.54) is 38.0 Å². The van der Waals surface area contributed by atoms with Gasteiger partial charge in [0, 0.05) is 18.4 Å². The first-order valence-corrected chi connectivity index (χ1v) is 9.44. The van der Waals surface area contributed by atoms with Crippen LogP contribution in [0, 0.1) is 0 Å². The van der Waals surface area contributed by atoms with E-state index >= 15 is 0 Å². The maximum Gasteiger partial charge on any atom is 0.304 e. The van der Waals surface area contributed by atoms with Crippen LogP contribution in [0.2, 0.25) is 0 Å². The fourth-order valence-electron chi connectivity index (χ4n) is 3.44. The van der Waals surface area contributed by atoms with Gasteiger partial charge in [0.2, 0.25) is 6.23 Å². The molecule has 1 aliphatic heterocycles. The molecule has 4 rings (SSSR count). The number of aliphatic imine (C=N–C) groups is 1. The van der Waals surface area contributed by atoms with E-state index in [4.69, 9.17) is 4.74 Å². The molecule has 2 heterocycles. The molecule has 2 aromatic rings. The largest absolute Gasteiger partial charge is 0.439 e. The lowest BCUT2D eigenvalue weighted by Crippen LogP contribution is -2.14. The van der Waals surface area contributed by atoms with Gasteiger partial charge in [-0.15, -0.1) is 0 Å². The number of benzene rings is 1. The first-order valence-electron chi connectivity index (χ1n) is 8.45. The van der Waals surface area contributed by atoms with Crippen LogP contribution in [0.3, 0.4) is 0 Å². The number of rotatable bonds is 4. The summed E-state index contributed by atoms with van der Waals surface area (Å²) in [6, 6.07) is 9.03. The molecule has 2 aliphatic rings. The number of carbonyl (C=O) groups is 1. The van der Waals surface area contributed by atoms with Gasteiger partial charge < -0.3 is 15.0 Å².